The molecule has 1 aromatic carbocycles. The number of esters is 1. The number of carbonyl (C=O) groups is 3. The smallest absolute Gasteiger partial charge is 0.339 e. The van der Waals surface area contributed by atoms with Crippen molar-refractivity contribution in [2.75, 3.05) is 17.7 Å². The van der Waals surface area contributed by atoms with Gasteiger partial charge in [-0.3, -0.25) is 9.59 Å². The van der Waals surface area contributed by atoms with Crippen molar-refractivity contribution in [2.24, 2.45) is 5.41 Å². The van der Waals surface area contributed by atoms with E-state index >= 15 is 0 Å². The van der Waals surface area contributed by atoms with Crippen LogP contribution in [0.15, 0.2) is 34.9 Å². The third kappa shape index (κ3) is 3.23. The lowest BCUT2D eigenvalue weighted by molar-refractivity contribution is -0.131. The minimum absolute atomic E-state index is 0.224. The lowest BCUT2D eigenvalue weighted by atomic mass is 10.0. The highest BCUT2D eigenvalue weighted by Gasteiger charge is 2.56. The fourth-order valence-corrected chi connectivity index (χ4v) is 2.47. The van der Waals surface area contributed by atoms with Gasteiger partial charge in [0.05, 0.1) is 18.4 Å². The molecule has 0 atom stereocenters. The summed E-state index contributed by atoms with van der Waals surface area (Å²) in [5.74, 6) is -0.674. The molecule has 2 amide bonds. The molecule has 1 aromatic heterocycles. The van der Waals surface area contributed by atoms with Crippen molar-refractivity contribution < 1.29 is 23.6 Å². The maximum atomic E-state index is 12.6. The van der Waals surface area contributed by atoms with Gasteiger partial charge in [0.1, 0.15) is 11.2 Å². The minimum atomic E-state index is -1.17. The highest BCUT2D eigenvalue weighted by Crippen LogP contribution is 2.47. The molecule has 0 radical (unpaired) electrons. The number of hydrogen-bond donors (Lipinski definition) is 2. The largest absolute Gasteiger partial charge is 0.465 e. The maximum absolute atomic E-state index is 12.6. The lowest BCUT2D eigenvalue weighted by Crippen LogP contribution is -2.36. The van der Waals surface area contributed by atoms with E-state index in [1.165, 1.54) is 7.11 Å². The van der Waals surface area contributed by atoms with E-state index in [4.69, 9.17) is 9.26 Å². The van der Waals surface area contributed by atoms with E-state index in [0.29, 0.717) is 24.3 Å². The summed E-state index contributed by atoms with van der Waals surface area (Å²) in [4.78, 5) is 36.9. The Morgan fingerprint density at radius 3 is 2.44 bits per heavy atom. The fourth-order valence-electron chi connectivity index (χ4n) is 2.47. The van der Waals surface area contributed by atoms with Crippen LogP contribution in [0.4, 0.5) is 11.5 Å². The van der Waals surface area contributed by atoms with Crippen molar-refractivity contribution >= 4 is 29.3 Å². The summed E-state index contributed by atoms with van der Waals surface area (Å²) in [6.07, 6.45) is 0.837. The molecule has 1 heterocycles. The Morgan fingerprint density at radius 2 is 1.84 bits per heavy atom. The van der Waals surface area contributed by atoms with Crippen LogP contribution in [-0.4, -0.2) is 30.1 Å². The number of aromatic nitrogens is 1. The molecule has 0 unspecified atom stereocenters. The zero-order chi connectivity index (χ0) is 18.0. The molecule has 1 saturated carbocycles. The molecule has 8 nitrogen and oxygen atoms in total. The SMILES string of the molecule is COC(=O)c1ccccc1NC(=O)C1(C(=O)Nc2cc(C)on2)CC1. The number of para-hydroxylation sites is 1. The third-order valence-corrected chi connectivity index (χ3v) is 4.07. The van der Waals surface area contributed by atoms with Gasteiger partial charge in [0, 0.05) is 6.07 Å². The predicted octanol–water partition coefficient (Wildman–Crippen LogP) is 2.13. The quantitative estimate of drug-likeness (QED) is 0.635. The summed E-state index contributed by atoms with van der Waals surface area (Å²) < 4.78 is 9.59. The Bertz CT molecular complexity index is 838. The lowest BCUT2D eigenvalue weighted by Gasteiger charge is -2.15. The first-order chi connectivity index (χ1) is 12.0. The maximum Gasteiger partial charge on any atom is 0.339 e. The first-order valence-corrected chi connectivity index (χ1v) is 7.70. The number of amides is 2. The van der Waals surface area contributed by atoms with Crippen molar-refractivity contribution in [3.8, 4) is 0 Å². The van der Waals surface area contributed by atoms with E-state index in [-0.39, 0.29) is 11.4 Å². The van der Waals surface area contributed by atoms with Crippen molar-refractivity contribution in [2.45, 2.75) is 19.8 Å². The van der Waals surface area contributed by atoms with Crippen LogP contribution in [0, 0.1) is 12.3 Å². The molecule has 25 heavy (non-hydrogen) atoms. The van der Waals surface area contributed by atoms with Crippen LogP contribution in [0.2, 0.25) is 0 Å². The normalized spacial score (nSPS) is 14.5. The van der Waals surface area contributed by atoms with Gasteiger partial charge in [-0.2, -0.15) is 0 Å². The van der Waals surface area contributed by atoms with Crippen molar-refractivity contribution in [1.29, 1.82) is 0 Å². The molecule has 0 aliphatic heterocycles. The van der Waals surface area contributed by atoms with E-state index in [1.807, 2.05) is 0 Å². The van der Waals surface area contributed by atoms with Gasteiger partial charge in [0.2, 0.25) is 11.8 Å². The molecule has 0 saturated heterocycles. The molecule has 2 N–H and O–H groups in total. The van der Waals surface area contributed by atoms with Gasteiger partial charge in [0.25, 0.3) is 0 Å². The number of rotatable bonds is 5. The van der Waals surface area contributed by atoms with Crippen molar-refractivity contribution in [3.63, 3.8) is 0 Å². The van der Waals surface area contributed by atoms with Crippen LogP contribution >= 0.6 is 0 Å². The number of methoxy groups -OCH3 is 1. The van der Waals surface area contributed by atoms with Gasteiger partial charge in [-0.15, -0.1) is 0 Å². The Hall–Kier alpha value is -3.16. The van der Waals surface area contributed by atoms with E-state index in [1.54, 1.807) is 37.3 Å². The number of carbonyl (C=O) groups excluding carboxylic acids is 3. The molecule has 0 bridgehead atoms. The molecule has 1 aliphatic rings. The average molecular weight is 343 g/mol. The first-order valence-electron chi connectivity index (χ1n) is 7.70. The number of hydrogen-bond acceptors (Lipinski definition) is 6. The topological polar surface area (TPSA) is 111 Å². The monoisotopic (exact) mass is 343 g/mol. The molecule has 2 aromatic rings. The van der Waals surface area contributed by atoms with Gasteiger partial charge in [-0.1, -0.05) is 17.3 Å². The average Bonchev–Trinajstić information content (AvgIpc) is 3.33. The molecule has 8 heteroatoms. The van der Waals surface area contributed by atoms with Gasteiger partial charge < -0.3 is 19.9 Å². The second-order valence-electron chi connectivity index (χ2n) is 5.85. The number of nitrogens with one attached hydrogen (secondary N) is 2. The number of aryl methyl sites for hydroxylation is 1. The highest BCUT2D eigenvalue weighted by molar-refractivity contribution is 6.17. The third-order valence-electron chi connectivity index (χ3n) is 4.07. The zero-order valence-electron chi connectivity index (χ0n) is 13.8. The Kier molecular flexibility index (Phi) is 4.26. The summed E-state index contributed by atoms with van der Waals surface area (Å²) in [7, 11) is 1.26. The second kappa shape index (κ2) is 6.39. The van der Waals surface area contributed by atoms with Crippen LogP contribution in [0.1, 0.15) is 29.0 Å². The van der Waals surface area contributed by atoms with Crippen LogP contribution < -0.4 is 10.6 Å². The molecular weight excluding hydrogens is 326 g/mol. The van der Waals surface area contributed by atoms with Crippen molar-refractivity contribution in [3.05, 3.63) is 41.7 Å². The predicted molar refractivity (Wildman–Crippen MR) is 87.9 cm³/mol. The summed E-state index contributed by atoms with van der Waals surface area (Å²) in [5, 5.41) is 8.93. The fraction of sp³-hybridized carbons (Fsp3) is 0.294. The molecule has 0 spiro atoms. The summed E-state index contributed by atoms with van der Waals surface area (Å²) in [6.45, 7) is 1.70. The number of nitrogens with zero attached hydrogens (tertiary/aromatic N) is 1. The summed E-state index contributed by atoms with van der Waals surface area (Å²) in [5.41, 5.74) is -0.645. The van der Waals surface area contributed by atoms with E-state index in [9.17, 15) is 14.4 Å². The second-order valence-corrected chi connectivity index (χ2v) is 5.85. The van der Waals surface area contributed by atoms with E-state index < -0.39 is 23.2 Å². The highest BCUT2D eigenvalue weighted by atomic mass is 16.5. The number of ether oxygens (including phenoxy) is 1. The summed E-state index contributed by atoms with van der Waals surface area (Å²) >= 11 is 0. The zero-order valence-corrected chi connectivity index (χ0v) is 13.8. The van der Waals surface area contributed by atoms with E-state index in [0.717, 1.165) is 0 Å². The summed E-state index contributed by atoms with van der Waals surface area (Å²) in [6, 6.07) is 8.03. The number of anilines is 2. The van der Waals surface area contributed by atoms with Crippen LogP contribution in [0.25, 0.3) is 0 Å². The van der Waals surface area contributed by atoms with Gasteiger partial charge in [-0.05, 0) is 31.9 Å². The molecule has 130 valence electrons. The first kappa shape index (κ1) is 16.7. The van der Waals surface area contributed by atoms with Crippen LogP contribution in [0.3, 0.4) is 0 Å². The Morgan fingerprint density at radius 1 is 1.16 bits per heavy atom. The standard InChI is InChI=1S/C17H17N3O5/c1-10-9-13(20-25-10)19-16(23)17(7-8-17)15(22)18-12-6-4-3-5-11(12)14(21)24-2/h3-6,9H,7-8H2,1-2H3,(H,18,22)(H,19,20,23). The molecule has 3 rings (SSSR count). The van der Waals surface area contributed by atoms with Gasteiger partial charge in [-0.25, -0.2) is 4.79 Å². The van der Waals surface area contributed by atoms with E-state index in [2.05, 4.69) is 15.8 Å². The Labute approximate surface area is 143 Å². The van der Waals surface area contributed by atoms with Crippen molar-refractivity contribution in [1.82, 2.24) is 5.16 Å². The molecular formula is C17H17N3O5. The number of benzene rings is 1. The van der Waals surface area contributed by atoms with Gasteiger partial charge in [0.15, 0.2) is 5.82 Å². The molecule has 1 aliphatic carbocycles. The Balaban J connectivity index is 1.75. The molecule has 1 fully saturated rings. The minimum Gasteiger partial charge on any atom is -0.465 e. The van der Waals surface area contributed by atoms with Gasteiger partial charge >= 0.3 is 5.97 Å². The van der Waals surface area contributed by atoms with Crippen LogP contribution in [-0.2, 0) is 14.3 Å². The van der Waals surface area contributed by atoms with Crippen LogP contribution in [0.5, 0.6) is 0 Å².